The zero-order valence-electron chi connectivity index (χ0n) is 9.28. The van der Waals surface area contributed by atoms with Gasteiger partial charge >= 0.3 is 0 Å². The van der Waals surface area contributed by atoms with Gasteiger partial charge in [-0.1, -0.05) is 32.1 Å². The Morgan fingerprint density at radius 3 is 2.31 bits per heavy atom. The molecule has 74 valence electrons. The maximum absolute atomic E-state index is 3.82. The van der Waals surface area contributed by atoms with Crippen LogP contribution in [0.1, 0.15) is 40.5 Å². The molecular weight excluding hydrogens is 158 g/mol. The molecule has 1 heteroatoms. The third-order valence-corrected chi connectivity index (χ3v) is 1.68. The normalized spacial score (nSPS) is 12.9. The maximum atomic E-state index is 3.82. The second-order valence-corrected chi connectivity index (χ2v) is 3.28. The van der Waals surface area contributed by atoms with E-state index in [1.807, 2.05) is 6.92 Å². The molecule has 0 unspecified atom stereocenters. The Hall–Kier alpha value is -0.980. The number of rotatable bonds is 5. The number of hydrogen-bond donors (Lipinski definition) is 1. The lowest BCUT2D eigenvalue weighted by molar-refractivity contribution is 0.892. The fourth-order valence-electron chi connectivity index (χ4n) is 1.16. The lowest BCUT2D eigenvalue weighted by atomic mass is 10.2. The Labute approximate surface area is 82.2 Å². The van der Waals surface area contributed by atoms with Crippen LogP contribution in [-0.2, 0) is 0 Å². The molecule has 13 heavy (non-hydrogen) atoms. The number of allylic oxidation sites excluding steroid dienone is 5. The van der Waals surface area contributed by atoms with Crippen LogP contribution >= 0.6 is 0 Å². The summed E-state index contributed by atoms with van der Waals surface area (Å²) in [5, 5.41) is 3.24. The minimum absolute atomic E-state index is 0.998. The van der Waals surface area contributed by atoms with Crippen molar-refractivity contribution in [3.63, 3.8) is 0 Å². The topological polar surface area (TPSA) is 12.0 Å². The minimum Gasteiger partial charge on any atom is -0.363 e. The summed E-state index contributed by atoms with van der Waals surface area (Å²) in [5.41, 5.74) is 3.54. The van der Waals surface area contributed by atoms with E-state index in [2.05, 4.69) is 44.8 Å². The first-order chi connectivity index (χ1) is 6.10. The van der Waals surface area contributed by atoms with Gasteiger partial charge in [0.1, 0.15) is 0 Å². The van der Waals surface area contributed by atoms with Gasteiger partial charge in [0.2, 0.25) is 0 Å². The molecule has 0 heterocycles. The first-order valence-corrected chi connectivity index (χ1v) is 4.90. The second kappa shape index (κ2) is 6.53. The molecule has 1 N–H and O–H groups in total. The van der Waals surface area contributed by atoms with Crippen molar-refractivity contribution in [2.75, 3.05) is 0 Å². The first-order valence-electron chi connectivity index (χ1n) is 4.90. The van der Waals surface area contributed by atoms with E-state index < -0.39 is 0 Å². The molecule has 0 aromatic rings. The third kappa shape index (κ3) is 6.21. The average molecular weight is 179 g/mol. The van der Waals surface area contributed by atoms with Gasteiger partial charge in [0.05, 0.1) is 0 Å². The molecular formula is C12H21N. The molecule has 0 amide bonds. The summed E-state index contributed by atoms with van der Waals surface area (Å²) in [6.07, 6.45) is 6.50. The summed E-state index contributed by atoms with van der Waals surface area (Å²) >= 11 is 0. The highest BCUT2D eigenvalue weighted by Gasteiger charge is 1.92. The minimum atomic E-state index is 0.998. The molecule has 0 atom stereocenters. The summed E-state index contributed by atoms with van der Waals surface area (Å²) in [6, 6.07) is 0. The monoisotopic (exact) mass is 179 g/mol. The Kier molecular flexibility index (Phi) is 6.03. The zero-order chi connectivity index (χ0) is 10.3. The Morgan fingerprint density at radius 1 is 1.31 bits per heavy atom. The highest BCUT2D eigenvalue weighted by Crippen LogP contribution is 2.05. The van der Waals surface area contributed by atoms with Gasteiger partial charge in [-0.25, -0.2) is 0 Å². The van der Waals surface area contributed by atoms with E-state index in [1.54, 1.807) is 0 Å². The van der Waals surface area contributed by atoms with Crippen LogP contribution in [0.5, 0.6) is 0 Å². The maximum Gasteiger partial charge on any atom is 0.0148 e. The third-order valence-electron chi connectivity index (χ3n) is 1.68. The molecule has 0 aliphatic rings. The smallest absolute Gasteiger partial charge is 0.0148 e. The van der Waals surface area contributed by atoms with Gasteiger partial charge in [0.15, 0.2) is 0 Å². The molecule has 0 radical (unpaired) electrons. The van der Waals surface area contributed by atoms with Crippen LogP contribution in [0.4, 0.5) is 0 Å². The molecule has 0 aliphatic carbocycles. The molecule has 0 fully saturated rings. The van der Waals surface area contributed by atoms with Gasteiger partial charge in [-0.15, -0.1) is 0 Å². The van der Waals surface area contributed by atoms with Crippen molar-refractivity contribution in [1.29, 1.82) is 0 Å². The van der Waals surface area contributed by atoms with Crippen molar-refractivity contribution in [3.05, 3.63) is 35.7 Å². The van der Waals surface area contributed by atoms with Crippen LogP contribution in [0.15, 0.2) is 35.7 Å². The fourth-order valence-corrected chi connectivity index (χ4v) is 1.16. The van der Waals surface area contributed by atoms with E-state index in [0.29, 0.717) is 0 Å². The summed E-state index contributed by atoms with van der Waals surface area (Å²) in [5.74, 6) is 0. The van der Waals surface area contributed by atoms with Crippen LogP contribution in [0, 0.1) is 0 Å². The predicted octanol–water partition coefficient (Wildman–Crippen LogP) is 3.76. The Morgan fingerprint density at radius 2 is 1.92 bits per heavy atom. The van der Waals surface area contributed by atoms with Gasteiger partial charge in [-0.05, 0) is 32.8 Å². The average Bonchev–Trinajstić information content (AvgIpc) is 2.02. The lowest BCUT2D eigenvalue weighted by Gasteiger charge is -2.08. The zero-order valence-corrected chi connectivity index (χ0v) is 9.28. The van der Waals surface area contributed by atoms with E-state index in [9.17, 15) is 0 Å². The standard InChI is InChI=1S/C12H21N/c1-6-8-11(5)9-12(7-2)13-10(3)4/h8-9,13H,3,6-7H2,1-2,4-5H3/b11-8-,12-9+. The lowest BCUT2D eigenvalue weighted by Crippen LogP contribution is -2.08. The second-order valence-electron chi connectivity index (χ2n) is 3.28. The fraction of sp³-hybridized carbons (Fsp3) is 0.500. The van der Waals surface area contributed by atoms with Gasteiger partial charge < -0.3 is 5.32 Å². The molecule has 0 saturated carbocycles. The van der Waals surface area contributed by atoms with Crippen LogP contribution in [0.2, 0.25) is 0 Å². The van der Waals surface area contributed by atoms with E-state index in [0.717, 1.165) is 18.5 Å². The Balaban J connectivity index is 4.37. The largest absolute Gasteiger partial charge is 0.363 e. The summed E-state index contributed by atoms with van der Waals surface area (Å²) < 4.78 is 0. The van der Waals surface area contributed by atoms with Crippen molar-refractivity contribution in [2.24, 2.45) is 0 Å². The molecule has 0 aromatic heterocycles. The number of hydrogen-bond acceptors (Lipinski definition) is 1. The summed E-state index contributed by atoms with van der Waals surface area (Å²) in [6.45, 7) is 12.2. The molecule has 0 spiro atoms. The predicted molar refractivity (Wildman–Crippen MR) is 60.4 cm³/mol. The highest BCUT2D eigenvalue weighted by molar-refractivity contribution is 5.22. The van der Waals surface area contributed by atoms with Crippen LogP contribution in [0.25, 0.3) is 0 Å². The van der Waals surface area contributed by atoms with Crippen molar-refractivity contribution in [3.8, 4) is 0 Å². The van der Waals surface area contributed by atoms with Crippen LogP contribution in [-0.4, -0.2) is 0 Å². The van der Waals surface area contributed by atoms with Crippen LogP contribution < -0.4 is 5.32 Å². The summed E-state index contributed by atoms with van der Waals surface area (Å²) in [7, 11) is 0. The molecule has 0 aromatic carbocycles. The van der Waals surface area contributed by atoms with E-state index >= 15 is 0 Å². The SMILES string of the molecule is C=C(C)N/C(=C/C(C)=C\CC)CC. The van der Waals surface area contributed by atoms with Crippen molar-refractivity contribution >= 4 is 0 Å². The van der Waals surface area contributed by atoms with Crippen molar-refractivity contribution in [2.45, 2.75) is 40.5 Å². The van der Waals surface area contributed by atoms with Crippen molar-refractivity contribution in [1.82, 2.24) is 5.32 Å². The van der Waals surface area contributed by atoms with Crippen molar-refractivity contribution < 1.29 is 0 Å². The molecule has 0 rings (SSSR count). The van der Waals surface area contributed by atoms with Crippen LogP contribution in [0.3, 0.4) is 0 Å². The van der Waals surface area contributed by atoms with E-state index in [-0.39, 0.29) is 0 Å². The quantitative estimate of drug-likeness (QED) is 0.634. The van der Waals surface area contributed by atoms with Gasteiger partial charge in [-0.2, -0.15) is 0 Å². The van der Waals surface area contributed by atoms with Gasteiger partial charge in [0, 0.05) is 11.4 Å². The number of nitrogens with one attached hydrogen (secondary N) is 1. The highest BCUT2D eigenvalue weighted by atomic mass is 14.9. The molecule has 0 saturated heterocycles. The molecule has 0 bridgehead atoms. The molecule has 0 aliphatic heterocycles. The van der Waals surface area contributed by atoms with Gasteiger partial charge in [0.25, 0.3) is 0 Å². The van der Waals surface area contributed by atoms with E-state index in [4.69, 9.17) is 0 Å². The van der Waals surface area contributed by atoms with E-state index in [1.165, 1.54) is 11.3 Å². The Bertz CT molecular complexity index is 221. The first kappa shape index (κ1) is 12.0. The van der Waals surface area contributed by atoms with Gasteiger partial charge in [-0.3, -0.25) is 0 Å². The molecule has 1 nitrogen and oxygen atoms in total. The summed E-state index contributed by atoms with van der Waals surface area (Å²) in [4.78, 5) is 0.